The van der Waals surface area contributed by atoms with E-state index >= 15 is 0 Å². The summed E-state index contributed by atoms with van der Waals surface area (Å²) in [4.78, 5) is 27.8. The Morgan fingerprint density at radius 3 is 2.23 bits per heavy atom. The van der Waals surface area contributed by atoms with Crippen molar-refractivity contribution in [2.75, 3.05) is 24.0 Å². The van der Waals surface area contributed by atoms with E-state index in [2.05, 4.69) is 10.2 Å². The number of nitrogens with one attached hydrogen (secondary N) is 1. The van der Waals surface area contributed by atoms with Crippen LogP contribution in [0.25, 0.3) is 11.1 Å². The van der Waals surface area contributed by atoms with E-state index in [0.29, 0.717) is 29.6 Å². The smallest absolute Gasteiger partial charge is 0.326 e. The Kier molecular flexibility index (Phi) is 11.3. The van der Waals surface area contributed by atoms with Gasteiger partial charge in [-0.25, -0.2) is 21.6 Å². The van der Waals surface area contributed by atoms with E-state index in [1.54, 1.807) is 6.07 Å². The van der Waals surface area contributed by atoms with Crippen LogP contribution in [0.5, 0.6) is 0 Å². The molecular formula is C33H46N2O7S2. The second-order valence-electron chi connectivity index (χ2n) is 12.9. The summed E-state index contributed by atoms with van der Waals surface area (Å²) in [5.74, 6) is -1.48. The van der Waals surface area contributed by atoms with Gasteiger partial charge in [0.25, 0.3) is 5.91 Å². The molecule has 3 unspecified atom stereocenters. The number of hydrogen-bond acceptors (Lipinski definition) is 7. The van der Waals surface area contributed by atoms with E-state index in [9.17, 15) is 31.5 Å². The second kappa shape index (κ2) is 14.6. The van der Waals surface area contributed by atoms with Gasteiger partial charge in [0.15, 0.2) is 0 Å². The first-order chi connectivity index (χ1) is 20.7. The molecule has 1 aliphatic heterocycles. The van der Waals surface area contributed by atoms with Crippen molar-refractivity contribution in [3.8, 4) is 11.1 Å². The topological polar surface area (TPSA) is 138 Å². The highest BCUT2D eigenvalue weighted by molar-refractivity contribution is 7.90. The summed E-state index contributed by atoms with van der Waals surface area (Å²) < 4.78 is 48.1. The maximum Gasteiger partial charge on any atom is 0.326 e. The molecule has 1 heterocycles. The van der Waals surface area contributed by atoms with Gasteiger partial charge in [0.05, 0.1) is 11.5 Å². The molecule has 2 fully saturated rings. The van der Waals surface area contributed by atoms with Crippen LogP contribution in [0.2, 0.25) is 0 Å². The Hall–Kier alpha value is -2.76. The summed E-state index contributed by atoms with van der Waals surface area (Å²) >= 11 is 0. The minimum absolute atomic E-state index is 0.0744. The van der Waals surface area contributed by atoms with Crippen molar-refractivity contribution in [2.24, 2.45) is 5.92 Å². The Balaban J connectivity index is 1.66. The van der Waals surface area contributed by atoms with Gasteiger partial charge in [-0.3, -0.25) is 9.69 Å². The van der Waals surface area contributed by atoms with Crippen molar-refractivity contribution >= 4 is 31.6 Å². The summed E-state index contributed by atoms with van der Waals surface area (Å²) in [6.45, 7) is 2.49. The number of amides is 1. The van der Waals surface area contributed by atoms with Crippen molar-refractivity contribution in [1.82, 2.24) is 10.2 Å². The fraction of sp³-hybridized carbons (Fsp3) is 0.576. The molecule has 0 spiro atoms. The average Bonchev–Trinajstić information content (AvgIpc) is 3.29. The number of aliphatic carboxylic acids is 1. The van der Waals surface area contributed by atoms with Gasteiger partial charge >= 0.3 is 5.97 Å². The normalized spacial score (nSPS) is 20.8. The van der Waals surface area contributed by atoms with Crippen molar-refractivity contribution in [3.05, 3.63) is 59.2 Å². The van der Waals surface area contributed by atoms with Crippen LogP contribution in [0.1, 0.15) is 79.3 Å². The summed E-state index contributed by atoms with van der Waals surface area (Å²) in [7, 11) is -6.59. The molecular weight excluding hydrogens is 601 g/mol. The lowest BCUT2D eigenvalue weighted by Crippen LogP contribution is -2.42. The number of carbonyl (C=O) groups is 2. The molecule has 0 radical (unpaired) electrons. The number of nitrogens with zero attached hydrogens (tertiary/aromatic N) is 1. The molecule has 11 heteroatoms. The van der Waals surface area contributed by atoms with Gasteiger partial charge < -0.3 is 10.4 Å². The van der Waals surface area contributed by atoms with E-state index in [0.717, 1.165) is 42.2 Å². The number of rotatable bonds is 13. The molecule has 1 amide bonds. The van der Waals surface area contributed by atoms with E-state index in [-0.39, 0.29) is 24.0 Å². The molecule has 242 valence electrons. The Morgan fingerprint density at radius 1 is 0.909 bits per heavy atom. The van der Waals surface area contributed by atoms with Crippen LogP contribution in [0.4, 0.5) is 0 Å². The monoisotopic (exact) mass is 646 g/mol. The Morgan fingerprint density at radius 2 is 1.59 bits per heavy atom. The Labute approximate surface area is 262 Å². The number of aryl methyl sites for hydroxylation is 1. The lowest BCUT2D eigenvalue weighted by molar-refractivity contribution is -0.139. The highest BCUT2D eigenvalue weighted by Gasteiger charge is 2.36. The van der Waals surface area contributed by atoms with Gasteiger partial charge in [-0.1, -0.05) is 62.4 Å². The average molecular weight is 647 g/mol. The van der Waals surface area contributed by atoms with Crippen molar-refractivity contribution < 1.29 is 31.5 Å². The molecule has 0 aromatic heterocycles. The van der Waals surface area contributed by atoms with E-state index in [4.69, 9.17) is 0 Å². The standard InChI is InChI=1S/C33H46N2O7S2/c1-23-9-7-8-12-28(23)30-20-25(13-16-29(30)32(36)34-31(33(37)38)17-18-43(2,39)40)21-35-26(19-24-10-5-4-6-11-24)14-15-27(35)22-44(3,41)42/h7-9,12-13,16,20,24,26-27,31H,4-6,10-11,14-15,17-19,21-22H2,1-3H3,(H,34,36)(H,37,38). The van der Waals surface area contributed by atoms with Gasteiger partial charge in [0.2, 0.25) is 0 Å². The fourth-order valence-electron chi connectivity index (χ4n) is 6.88. The third-order valence-corrected chi connectivity index (χ3v) is 11.1. The fourth-order valence-corrected chi connectivity index (χ4v) is 8.60. The molecule has 4 rings (SSSR count). The van der Waals surface area contributed by atoms with Gasteiger partial charge in [-0.2, -0.15) is 0 Å². The van der Waals surface area contributed by atoms with E-state index < -0.39 is 37.6 Å². The molecule has 0 bridgehead atoms. The van der Waals surface area contributed by atoms with Crippen LogP contribution < -0.4 is 5.32 Å². The predicted octanol–water partition coefficient (Wildman–Crippen LogP) is 4.63. The molecule has 9 nitrogen and oxygen atoms in total. The zero-order chi connectivity index (χ0) is 32.1. The summed E-state index contributed by atoms with van der Waals surface area (Å²) in [5.41, 5.74) is 3.66. The molecule has 2 N–H and O–H groups in total. The van der Waals surface area contributed by atoms with Crippen molar-refractivity contribution in [2.45, 2.75) is 89.4 Å². The number of hydrogen-bond donors (Lipinski definition) is 2. The van der Waals surface area contributed by atoms with Crippen LogP contribution in [0, 0.1) is 12.8 Å². The zero-order valence-electron chi connectivity index (χ0n) is 26.0. The van der Waals surface area contributed by atoms with Crippen LogP contribution in [0.3, 0.4) is 0 Å². The number of carboxylic acid groups (broad SMARTS) is 1. The third kappa shape index (κ3) is 9.62. The molecule has 2 aromatic carbocycles. The number of sulfone groups is 2. The molecule has 1 saturated heterocycles. The van der Waals surface area contributed by atoms with Crippen molar-refractivity contribution in [1.29, 1.82) is 0 Å². The Bertz CT molecular complexity index is 1550. The van der Waals surface area contributed by atoms with Gasteiger partial charge in [0.1, 0.15) is 25.7 Å². The third-order valence-electron chi connectivity index (χ3n) is 9.11. The minimum atomic E-state index is -3.41. The quantitative estimate of drug-likeness (QED) is 0.322. The maximum absolute atomic E-state index is 13.5. The van der Waals surface area contributed by atoms with Crippen LogP contribution in [-0.4, -0.2) is 80.9 Å². The number of carbonyl (C=O) groups excluding carboxylic acids is 1. The lowest BCUT2D eigenvalue weighted by Gasteiger charge is -2.33. The van der Waals surface area contributed by atoms with Crippen LogP contribution in [-0.2, 0) is 31.0 Å². The molecule has 44 heavy (non-hydrogen) atoms. The lowest BCUT2D eigenvalue weighted by atomic mass is 9.84. The zero-order valence-corrected chi connectivity index (χ0v) is 27.6. The number of likely N-dealkylation sites (tertiary alicyclic amines) is 1. The molecule has 2 aliphatic rings. The second-order valence-corrected chi connectivity index (χ2v) is 17.3. The summed E-state index contributed by atoms with van der Waals surface area (Å²) in [5, 5.41) is 12.2. The largest absolute Gasteiger partial charge is 0.480 e. The predicted molar refractivity (Wildman–Crippen MR) is 173 cm³/mol. The molecule has 1 aliphatic carbocycles. The first-order valence-corrected chi connectivity index (χ1v) is 19.7. The van der Waals surface area contributed by atoms with Crippen LogP contribution in [0.15, 0.2) is 42.5 Å². The van der Waals surface area contributed by atoms with Gasteiger partial charge in [-0.05, 0) is 72.9 Å². The van der Waals surface area contributed by atoms with E-state index in [1.807, 2.05) is 43.3 Å². The summed E-state index contributed by atoms with van der Waals surface area (Å²) in [6.07, 6.45) is 11.2. The van der Waals surface area contributed by atoms with Gasteiger partial charge in [-0.15, -0.1) is 0 Å². The van der Waals surface area contributed by atoms with Crippen LogP contribution >= 0.6 is 0 Å². The molecule has 1 saturated carbocycles. The summed E-state index contributed by atoms with van der Waals surface area (Å²) in [6, 6.07) is 12.0. The first kappa shape index (κ1) is 34.1. The number of carboxylic acids is 1. The number of benzene rings is 2. The molecule has 2 aromatic rings. The minimum Gasteiger partial charge on any atom is -0.480 e. The van der Waals surface area contributed by atoms with Gasteiger partial charge in [0, 0.05) is 36.7 Å². The first-order valence-electron chi connectivity index (χ1n) is 15.5. The van der Waals surface area contributed by atoms with Crippen molar-refractivity contribution in [3.63, 3.8) is 0 Å². The highest BCUT2D eigenvalue weighted by atomic mass is 32.2. The van der Waals surface area contributed by atoms with E-state index in [1.165, 1.54) is 38.4 Å². The SMILES string of the molecule is Cc1ccccc1-c1cc(CN2C(CC3CCCCC3)CCC2CS(C)(=O)=O)ccc1C(=O)NC(CCS(C)(=O)=O)C(=O)O. The highest BCUT2D eigenvalue weighted by Crippen LogP contribution is 2.36. The molecule has 3 atom stereocenters. The maximum atomic E-state index is 13.5.